The van der Waals surface area contributed by atoms with E-state index < -0.39 is 10.0 Å². The van der Waals surface area contributed by atoms with Gasteiger partial charge < -0.3 is 20.6 Å². The largest absolute Gasteiger partial charge is 0.506 e. The van der Waals surface area contributed by atoms with E-state index in [1.54, 1.807) is 0 Å². The number of rotatable bonds is 6. The lowest BCUT2D eigenvalue weighted by Gasteiger charge is -2.17. The molecule has 1 heterocycles. The minimum Gasteiger partial charge on any atom is -0.506 e. The average Bonchev–Trinajstić information content (AvgIpc) is 3.04. The van der Waals surface area contributed by atoms with Crippen LogP contribution in [0.3, 0.4) is 0 Å². The molecule has 9 heteroatoms. The molecule has 0 atom stereocenters. The number of aromatic hydroxyl groups is 1. The van der Waals surface area contributed by atoms with E-state index in [1.807, 2.05) is 19.0 Å². The first kappa shape index (κ1) is 18.9. The molecule has 2 rings (SSSR count). The van der Waals surface area contributed by atoms with Gasteiger partial charge in [-0.25, -0.2) is 8.42 Å². The molecule has 0 aliphatic carbocycles. The van der Waals surface area contributed by atoms with Gasteiger partial charge in [-0.15, -0.1) is 0 Å². The quantitative estimate of drug-likeness (QED) is 0.508. The maximum Gasteiger partial charge on any atom is 0.243 e. The molecule has 1 fully saturated rings. The second-order valence-corrected chi connectivity index (χ2v) is 8.32. The number of anilines is 1. The van der Waals surface area contributed by atoms with E-state index in [4.69, 9.17) is 12.2 Å². The predicted octanol–water partition coefficient (Wildman–Crippen LogP) is 1.02. The summed E-state index contributed by atoms with van der Waals surface area (Å²) in [5, 5.41) is 16.2. The summed E-state index contributed by atoms with van der Waals surface area (Å²) in [7, 11) is 0.380. The summed E-state index contributed by atoms with van der Waals surface area (Å²) in [5.74, 6) is -0.0490. The van der Waals surface area contributed by atoms with Crippen LogP contribution in [0, 0.1) is 0 Å². The molecule has 1 aromatic rings. The van der Waals surface area contributed by atoms with E-state index in [2.05, 4.69) is 10.6 Å². The van der Waals surface area contributed by atoms with Crippen molar-refractivity contribution in [2.75, 3.05) is 45.6 Å². The topological polar surface area (TPSA) is 84.9 Å². The molecule has 1 aliphatic rings. The zero-order valence-electron chi connectivity index (χ0n) is 13.9. The Morgan fingerprint density at radius 1 is 1.33 bits per heavy atom. The van der Waals surface area contributed by atoms with Crippen LogP contribution in [-0.4, -0.2) is 68.1 Å². The first-order valence-electron chi connectivity index (χ1n) is 7.83. The smallest absolute Gasteiger partial charge is 0.243 e. The lowest BCUT2D eigenvalue weighted by molar-refractivity contribution is 0.413. The number of hydrogen-bond donors (Lipinski definition) is 3. The highest BCUT2D eigenvalue weighted by Gasteiger charge is 2.27. The molecule has 7 nitrogen and oxygen atoms in total. The highest BCUT2D eigenvalue weighted by molar-refractivity contribution is 7.89. The zero-order chi connectivity index (χ0) is 17.7. The predicted molar refractivity (Wildman–Crippen MR) is 98.9 cm³/mol. The van der Waals surface area contributed by atoms with E-state index in [9.17, 15) is 13.5 Å². The Bertz CT molecular complexity index is 686. The Kier molecular flexibility index (Phi) is 6.39. The van der Waals surface area contributed by atoms with Gasteiger partial charge >= 0.3 is 0 Å². The summed E-state index contributed by atoms with van der Waals surface area (Å²) in [6.45, 7) is 2.52. The molecule has 0 unspecified atom stereocenters. The number of sulfonamides is 1. The van der Waals surface area contributed by atoms with Crippen molar-refractivity contribution in [1.82, 2.24) is 14.5 Å². The normalized spacial score (nSPS) is 15.6. The summed E-state index contributed by atoms with van der Waals surface area (Å²) in [5.41, 5.74) is 0.276. The van der Waals surface area contributed by atoms with Gasteiger partial charge in [0.15, 0.2) is 5.11 Å². The van der Waals surface area contributed by atoms with Crippen molar-refractivity contribution in [3.8, 4) is 5.75 Å². The number of phenolic OH excluding ortho intramolecular Hbond substituents is 1. The van der Waals surface area contributed by atoms with Crippen molar-refractivity contribution < 1.29 is 13.5 Å². The fraction of sp³-hybridized carbons (Fsp3) is 0.533. The average molecular weight is 373 g/mol. The fourth-order valence-corrected chi connectivity index (χ4v) is 4.17. The van der Waals surface area contributed by atoms with Gasteiger partial charge in [0.2, 0.25) is 10.0 Å². The summed E-state index contributed by atoms with van der Waals surface area (Å²) in [6.07, 6.45) is 1.75. The minimum atomic E-state index is -3.53. The lowest BCUT2D eigenvalue weighted by atomic mass is 10.3. The third-order valence-electron chi connectivity index (χ3n) is 3.76. The molecule has 0 bridgehead atoms. The van der Waals surface area contributed by atoms with Gasteiger partial charge in [0.1, 0.15) is 5.75 Å². The molecule has 24 heavy (non-hydrogen) atoms. The van der Waals surface area contributed by atoms with Gasteiger partial charge in [0.25, 0.3) is 0 Å². The summed E-state index contributed by atoms with van der Waals surface area (Å²) < 4.78 is 26.7. The summed E-state index contributed by atoms with van der Waals surface area (Å²) in [6, 6.07) is 4.20. The van der Waals surface area contributed by atoms with Crippen LogP contribution in [0.5, 0.6) is 5.75 Å². The number of phenols is 1. The second kappa shape index (κ2) is 8.11. The molecule has 0 amide bonds. The van der Waals surface area contributed by atoms with Crippen LogP contribution >= 0.6 is 12.2 Å². The van der Waals surface area contributed by atoms with Crippen molar-refractivity contribution in [2.24, 2.45) is 0 Å². The Morgan fingerprint density at radius 2 is 2.00 bits per heavy atom. The standard InChI is InChI=1S/C15H24N4O3S2/c1-18(2)10-7-16-15(23)17-13-11-12(5-6-14(13)20)24(21,22)19-8-3-4-9-19/h5-6,11,20H,3-4,7-10H2,1-2H3,(H2,16,17,23). The molecule has 1 aliphatic heterocycles. The number of nitrogens with one attached hydrogen (secondary N) is 2. The molecule has 0 aromatic heterocycles. The summed E-state index contributed by atoms with van der Waals surface area (Å²) >= 11 is 5.18. The first-order chi connectivity index (χ1) is 11.3. The van der Waals surface area contributed by atoms with Crippen molar-refractivity contribution in [1.29, 1.82) is 0 Å². The van der Waals surface area contributed by atoms with Gasteiger partial charge in [-0.3, -0.25) is 0 Å². The number of likely N-dealkylation sites (N-methyl/N-ethyl adjacent to an activating group) is 1. The molecule has 134 valence electrons. The van der Waals surface area contributed by atoms with Crippen molar-refractivity contribution >= 4 is 33.0 Å². The van der Waals surface area contributed by atoms with Crippen LogP contribution < -0.4 is 10.6 Å². The molecule has 0 spiro atoms. The van der Waals surface area contributed by atoms with E-state index >= 15 is 0 Å². The van der Waals surface area contributed by atoms with Crippen LogP contribution in [0.1, 0.15) is 12.8 Å². The van der Waals surface area contributed by atoms with Gasteiger partial charge in [0.05, 0.1) is 10.6 Å². The Morgan fingerprint density at radius 3 is 2.62 bits per heavy atom. The SMILES string of the molecule is CN(C)CCNC(=S)Nc1cc(S(=O)(=O)N2CCCC2)ccc1O. The van der Waals surface area contributed by atoms with Crippen LogP contribution in [0.15, 0.2) is 23.1 Å². The first-order valence-corrected chi connectivity index (χ1v) is 9.68. The van der Waals surface area contributed by atoms with Gasteiger partial charge in [-0.2, -0.15) is 4.31 Å². The third kappa shape index (κ3) is 4.79. The van der Waals surface area contributed by atoms with Gasteiger partial charge in [-0.1, -0.05) is 0 Å². The van der Waals surface area contributed by atoms with Gasteiger partial charge in [0, 0.05) is 26.2 Å². The van der Waals surface area contributed by atoms with Gasteiger partial charge in [-0.05, 0) is 57.4 Å². The van der Waals surface area contributed by atoms with Crippen LogP contribution in [0.2, 0.25) is 0 Å². The monoisotopic (exact) mass is 372 g/mol. The second-order valence-electron chi connectivity index (χ2n) is 5.97. The molecular weight excluding hydrogens is 348 g/mol. The summed E-state index contributed by atoms with van der Waals surface area (Å²) in [4.78, 5) is 2.16. The van der Waals surface area contributed by atoms with Crippen molar-refractivity contribution in [3.63, 3.8) is 0 Å². The highest BCUT2D eigenvalue weighted by Crippen LogP contribution is 2.29. The van der Waals surface area contributed by atoms with E-state index in [0.29, 0.717) is 24.7 Å². The van der Waals surface area contributed by atoms with E-state index in [0.717, 1.165) is 19.4 Å². The van der Waals surface area contributed by atoms with Crippen LogP contribution in [0.4, 0.5) is 5.69 Å². The lowest BCUT2D eigenvalue weighted by Crippen LogP contribution is -2.34. The number of hydrogen-bond acceptors (Lipinski definition) is 5. The van der Waals surface area contributed by atoms with Crippen LogP contribution in [0.25, 0.3) is 0 Å². The Balaban J connectivity index is 2.09. The fourth-order valence-electron chi connectivity index (χ4n) is 2.41. The highest BCUT2D eigenvalue weighted by atomic mass is 32.2. The zero-order valence-corrected chi connectivity index (χ0v) is 15.6. The molecular formula is C15H24N4O3S2. The molecule has 1 saturated heterocycles. The molecule has 3 N–H and O–H groups in total. The van der Waals surface area contributed by atoms with E-state index in [1.165, 1.54) is 22.5 Å². The minimum absolute atomic E-state index is 0.0490. The van der Waals surface area contributed by atoms with Crippen LogP contribution in [-0.2, 0) is 10.0 Å². The Hall–Kier alpha value is -1.42. The Labute approximate surface area is 148 Å². The third-order valence-corrected chi connectivity index (χ3v) is 5.90. The molecule has 0 radical (unpaired) electrons. The van der Waals surface area contributed by atoms with Crippen molar-refractivity contribution in [2.45, 2.75) is 17.7 Å². The number of benzene rings is 1. The molecule has 1 aromatic carbocycles. The van der Waals surface area contributed by atoms with E-state index in [-0.39, 0.29) is 16.3 Å². The number of thiocarbonyl (C=S) groups is 1. The van der Waals surface area contributed by atoms with Crippen molar-refractivity contribution in [3.05, 3.63) is 18.2 Å². The maximum absolute atomic E-state index is 12.6. The number of nitrogens with zero attached hydrogens (tertiary/aromatic N) is 2. The maximum atomic E-state index is 12.6. The molecule has 0 saturated carbocycles.